The molecule has 0 spiro atoms. The molecule has 0 fully saturated rings. The third kappa shape index (κ3) is 3.20. The summed E-state index contributed by atoms with van der Waals surface area (Å²) in [7, 11) is 0. The van der Waals surface area contributed by atoms with Crippen LogP contribution < -0.4 is 5.73 Å². The Labute approximate surface area is 168 Å². The van der Waals surface area contributed by atoms with Crippen molar-refractivity contribution in [1.29, 1.82) is 0 Å². The number of hydrogen-bond acceptors (Lipinski definition) is 2. The molecule has 0 bridgehead atoms. The van der Waals surface area contributed by atoms with Crippen LogP contribution in [-0.2, 0) is 17.8 Å². The van der Waals surface area contributed by atoms with Crippen molar-refractivity contribution in [1.82, 2.24) is 9.88 Å². The number of nitrogens with two attached hydrogens (primary N) is 1. The average Bonchev–Trinajstić information content (AvgIpc) is 2.93. The fraction of sp³-hybridized carbons (Fsp3) is 0.217. The Hall–Kier alpha value is -3.41. The van der Waals surface area contributed by atoms with Gasteiger partial charge in [-0.3, -0.25) is 9.59 Å². The Morgan fingerprint density at radius 3 is 2.83 bits per heavy atom. The van der Waals surface area contributed by atoms with Gasteiger partial charge in [0, 0.05) is 29.7 Å². The average molecular weight is 391 g/mol. The maximum absolute atomic E-state index is 15.3. The number of carbonyl (C=O) groups excluding carboxylic acids is 2. The molecular formula is C23H22FN3O2. The number of carbonyl (C=O) groups is 2. The summed E-state index contributed by atoms with van der Waals surface area (Å²) in [6.07, 6.45) is 2.83. The second-order valence-electron chi connectivity index (χ2n) is 7.40. The van der Waals surface area contributed by atoms with Crippen LogP contribution in [0.4, 0.5) is 4.39 Å². The molecule has 0 unspecified atom stereocenters. The van der Waals surface area contributed by atoms with Crippen molar-refractivity contribution in [3.63, 3.8) is 0 Å². The van der Waals surface area contributed by atoms with Gasteiger partial charge in [-0.1, -0.05) is 24.8 Å². The highest BCUT2D eigenvalue weighted by Crippen LogP contribution is 2.38. The lowest BCUT2D eigenvalue weighted by Crippen LogP contribution is -2.28. The number of hydrogen-bond donors (Lipinski definition) is 2. The normalized spacial score (nSPS) is 13.8. The third-order valence-electron chi connectivity index (χ3n) is 5.51. The van der Waals surface area contributed by atoms with Crippen LogP contribution in [0, 0.1) is 12.7 Å². The van der Waals surface area contributed by atoms with Gasteiger partial charge >= 0.3 is 0 Å². The first-order valence-electron chi connectivity index (χ1n) is 9.54. The number of H-pyrrole nitrogens is 1. The molecule has 2 aromatic carbocycles. The number of aryl methyl sites for hydroxylation is 1. The first-order chi connectivity index (χ1) is 13.9. The number of nitrogens with zero attached hydrogens (tertiary/aromatic N) is 1. The van der Waals surface area contributed by atoms with Crippen molar-refractivity contribution in [2.24, 2.45) is 5.73 Å². The molecule has 1 aromatic heterocycles. The van der Waals surface area contributed by atoms with E-state index in [1.807, 2.05) is 31.2 Å². The zero-order valence-corrected chi connectivity index (χ0v) is 16.2. The van der Waals surface area contributed by atoms with Crippen molar-refractivity contribution in [2.45, 2.75) is 26.3 Å². The molecule has 29 heavy (non-hydrogen) atoms. The van der Waals surface area contributed by atoms with Crippen LogP contribution in [0.5, 0.6) is 0 Å². The van der Waals surface area contributed by atoms with Gasteiger partial charge in [0.15, 0.2) is 0 Å². The largest absolute Gasteiger partial charge is 0.366 e. The quantitative estimate of drug-likeness (QED) is 0.665. The van der Waals surface area contributed by atoms with E-state index < -0.39 is 11.7 Å². The van der Waals surface area contributed by atoms with Crippen LogP contribution in [0.3, 0.4) is 0 Å². The molecule has 5 nitrogen and oxygen atoms in total. The molecule has 0 saturated heterocycles. The van der Waals surface area contributed by atoms with Gasteiger partial charge in [-0.15, -0.1) is 0 Å². The zero-order chi connectivity index (χ0) is 20.7. The SMILES string of the molecule is C=CC(=O)N1CCCc2c(cccc2-c2c(F)cc(C(N)=O)c3[nH]c(C)cc23)C1. The number of aromatic amines is 1. The predicted molar refractivity (Wildman–Crippen MR) is 111 cm³/mol. The number of rotatable bonds is 3. The lowest BCUT2D eigenvalue weighted by atomic mass is 9.90. The van der Waals surface area contributed by atoms with Crippen LogP contribution in [0.15, 0.2) is 43.0 Å². The fourth-order valence-corrected chi connectivity index (χ4v) is 4.23. The number of aromatic nitrogens is 1. The molecule has 0 radical (unpaired) electrons. The number of nitrogens with one attached hydrogen (secondary N) is 1. The van der Waals surface area contributed by atoms with E-state index in [2.05, 4.69) is 11.6 Å². The van der Waals surface area contributed by atoms with E-state index in [1.54, 1.807) is 4.90 Å². The molecular weight excluding hydrogens is 369 g/mol. The first kappa shape index (κ1) is 18.9. The Balaban J connectivity index is 1.94. The van der Waals surface area contributed by atoms with Gasteiger partial charge in [-0.2, -0.15) is 0 Å². The van der Waals surface area contributed by atoms with E-state index in [-0.39, 0.29) is 11.5 Å². The second-order valence-corrected chi connectivity index (χ2v) is 7.40. The number of benzene rings is 2. The monoisotopic (exact) mass is 391 g/mol. The van der Waals surface area contributed by atoms with Gasteiger partial charge in [-0.05, 0) is 54.7 Å². The highest BCUT2D eigenvalue weighted by Gasteiger charge is 2.24. The summed E-state index contributed by atoms with van der Waals surface area (Å²) in [5.41, 5.74) is 10.2. The second kappa shape index (κ2) is 7.20. The van der Waals surface area contributed by atoms with E-state index in [1.165, 1.54) is 12.1 Å². The Morgan fingerprint density at radius 2 is 2.10 bits per heavy atom. The lowest BCUT2D eigenvalue weighted by molar-refractivity contribution is -0.126. The molecule has 0 aliphatic carbocycles. The molecule has 0 saturated carbocycles. The molecule has 3 aromatic rings. The van der Waals surface area contributed by atoms with Gasteiger partial charge in [0.2, 0.25) is 5.91 Å². The first-order valence-corrected chi connectivity index (χ1v) is 9.54. The third-order valence-corrected chi connectivity index (χ3v) is 5.51. The van der Waals surface area contributed by atoms with E-state index in [0.717, 1.165) is 35.2 Å². The van der Waals surface area contributed by atoms with Gasteiger partial charge in [-0.25, -0.2) is 4.39 Å². The Kier molecular flexibility index (Phi) is 4.70. The summed E-state index contributed by atoms with van der Waals surface area (Å²) in [4.78, 5) is 28.8. The predicted octanol–water partition coefficient (Wildman–Crippen LogP) is 3.84. The van der Waals surface area contributed by atoms with Crippen LogP contribution in [0.2, 0.25) is 0 Å². The zero-order valence-electron chi connectivity index (χ0n) is 16.2. The van der Waals surface area contributed by atoms with Crippen molar-refractivity contribution >= 4 is 22.7 Å². The van der Waals surface area contributed by atoms with Crippen LogP contribution in [0.25, 0.3) is 22.0 Å². The van der Waals surface area contributed by atoms with E-state index in [9.17, 15) is 9.59 Å². The summed E-state index contributed by atoms with van der Waals surface area (Å²) < 4.78 is 15.3. The molecule has 1 aliphatic rings. The highest BCUT2D eigenvalue weighted by molar-refractivity contribution is 6.09. The molecule has 2 amide bonds. The minimum Gasteiger partial charge on any atom is -0.366 e. The van der Waals surface area contributed by atoms with Crippen molar-refractivity contribution in [3.05, 3.63) is 71.2 Å². The lowest BCUT2D eigenvalue weighted by Gasteiger charge is -2.19. The molecule has 4 rings (SSSR count). The molecule has 148 valence electrons. The van der Waals surface area contributed by atoms with Crippen molar-refractivity contribution in [3.8, 4) is 11.1 Å². The number of halogens is 1. The number of primary amides is 1. The topological polar surface area (TPSA) is 79.2 Å². The van der Waals surface area contributed by atoms with Gasteiger partial charge in [0.05, 0.1) is 11.1 Å². The van der Waals surface area contributed by atoms with Crippen LogP contribution in [-0.4, -0.2) is 28.2 Å². The fourth-order valence-electron chi connectivity index (χ4n) is 4.23. The van der Waals surface area contributed by atoms with Gasteiger partial charge in [0.25, 0.3) is 5.91 Å². The van der Waals surface area contributed by atoms with Gasteiger partial charge in [0.1, 0.15) is 5.82 Å². The van der Waals surface area contributed by atoms with E-state index >= 15 is 4.39 Å². The van der Waals surface area contributed by atoms with Crippen LogP contribution in [0.1, 0.15) is 33.6 Å². The minimum absolute atomic E-state index is 0.108. The standard InChI is InChI=1S/C23H22FN3O2/c1-3-20(28)27-9-5-8-15-14(12-27)6-4-7-16(15)21-17-10-13(2)26-22(17)18(23(25)29)11-19(21)24/h3-4,6-7,10-11,26H,1,5,8-9,12H2,2H3,(H2,25,29). The van der Waals surface area contributed by atoms with Crippen molar-refractivity contribution in [2.75, 3.05) is 6.54 Å². The summed E-state index contributed by atoms with van der Waals surface area (Å²) in [5.74, 6) is -1.27. The smallest absolute Gasteiger partial charge is 0.250 e. The molecule has 0 atom stereocenters. The summed E-state index contributed by atoms with van der Waals surface area (Å²) >= 11 is 0. The molecule has 3 N–H and O–H groups in total. The van der Waals surface area contributed by atoms with Crippen molar-refractivity contribution < 1.29 is 14.0 Å². The Morgan fingerprint density at radius 1 is 1.31 bits per heavy atom. The summed E-state index contributed by atoms with van der Waals surface area (Å²) in [6.45, 7) is 6.52. The highest BCUT2D eigenvalue weighted by atomic mass is 19.1. The summed E-state index contributed by atoms with van der Waals surface area (Å²) in [6, 6.07) is 8.79. The maximum atomic E-state index is 15.3. The Bertz CT molecular complexity index is 1160. The van der Waals surface area contributed by atoms with Crippen LogP contribution >= 0.6 is 0 Å². The van der Waals surface area contributed by atoms with E-state index in [0.29, 0.717) is 29.6 Å². The molecule has 1 aliphatic heterocycles. The van der Waals surface area contributed by atoms with Gasteiger partial charge < -0.3 is 15.6 Å². The molecule has 6 heteroatoms. The number of fused-ring (bicyclic) bond motifs is 2. The molecule has 2 heterocycles. The minimum atomic E-state index is -0.673. The van der Waals surface area contributed by atoms with E-state index in [4.69, 9.17) is 5.73 Å². The summed E-state index contributed by atoms with van der Waals surface area (Å²) in [5, 5.41) is 0.632. The number of amides is 2. The maximum Gasteiger partial charge on any atom is 0.250 e.